The number of nitrogens with one attached hydrogen (secondary N) is 3. The van der Waals surface area contributed by atoms with Crippen molar-refractivity contribution in [3.8, 4) is 11.1 Å². The largest absolute Gasteiger partial charge is 0.393 e. The minimum Gasteiger partial charge on any atom is -0.393 e. The van der Waals surface area contributed by atoms with E-state index < -0.39 is 7.61 Å². The molecule has 3 aromatic rings. The Labute approximate surface area is 235 Å². The van der Waals surface area contributed by atoms with Gasteiger partial charge in [-0.1, -0.05) is 6.07 Å². The number of thiol groups is 5. The third kappa shape index (κ3) is 5.35. The van der Waals surface area contributed by atoms with Gasteiger partial charge in [-0.05, 0) is 43.4 Å². The summed E-state index contributed by atoms with van der Waals surface area (Å²) in [5.74, 6) is 0.374. The zero-order valence-corrected chi connectivity index (χ0v) is 23.6. The number of pyridine rings is 2. The summed E-state index contributed by atoms with van der Waals surface area (Å²) in [7, 11) is 1.75. The van der Waals surface area contributed by atoms with E-state index in [1.54, 1.807) is 49.8 Å². The van der Waals surface area contributed by atoms with Gasteiger partial charge in [0.15, 0.2) is 4.20 Å². The van der Waals surface area contributed by atoms with Gasteiger partial charge in [0.2, 0.25) is 0 Å². The first-order chi connectivity index (χ1) is 16.9. The highest BCUT2D eigenvalue weighted by Gasteiger charge is 2.39. The first-order valence-corrected chi connectivity index (χ1v) is 12.8. The summed E-state index contributed by atoms with van der Waals surface area (Å²) in [5.41, 5.74) is 3.63. The maximum absolute atomic E-state index is 13.9. The van der Waals surface area contributed by atoms with Crippen molar-refractivity contribution in [1.82, 2.24) is 25.1 Å². The van der Waals surface area contributed by atoms with Gasteiger partial charge in [0.05, 0.1) is 17.0 Å². The quantitative estimate of drug-likeness (QED) is 0.167. The van der Waals surface area contributed by atoms with Crippen molar-refractivity contribution in [3.63, 3.8) is 0 Å². The van der Waals surface area contributed by atoms with E-state index in [1.807, 2.05) is 19.1 Å². The molecule has 0 saturated carbocycles. The van der Waals surface area contributed by atoms with Crippen molar-refractivity contribution in [3.05, 3.63) is 76.5 Å². The van der Waals surface area contributed by atoms with E-state index in [-0.39, 0.29) is 5.56 Å². The highest BCUT2D eigenvalue weighted by molar-refractivity contribution is 8.20. The lowest BCUT2D eigenvalue weighted by molar-refractivity contribution is 0.857. The van der Waals surface area contributed by atoms with Gasteiger partial charge in [0.25, 0.3) is 5.56 Å². The van der Waals surface area contributed by atoms with Crippen molar-refractivity contribution >= 4 is 91.4 Å². The molecule has 1 aliphatic carbocycles. The van der Waals surface area contributed by atoms with Crippen molar-refractivity contribution in [1.29, 1.82) is 5.41 Å². The van der Waals surface area contributed by atoms with Crippen molar-refractivity contribution in [2.24, 2.45) is 0 Å². The Kier molecular flexibility index (Phi) is 7.58. The van der Waals surface area contributed by atoms with Gasteiger partial charge < -0.3 is 16.0 Å². The fraction of sp³-hybridized carbons (Fsp3) is 0.174. The predicted molar refractivity (Wildman–Crippen MR) is 164 cm³/mol. The van der Waals surface area contributed by atoms with Crippen LogP contribution in [-0.2, 0) is 0 Å². The highest BCUT2D eigenvalue weighted by Crippen LogP contribution is 2.44. The van der Waals surface area contributed by atoms with Crippen LogP contribution in [0, 0.1) is 12.3 Å². The maximum Gasteiger partial charge on any atom is 0.281 e. The molecule has 3 aromatic heterocycles. The zero-order valence-electron chi connectivity index (χ0n) is 19.1. The first kappa shape index (κ1) is 26.7. The van der Waals surface area contributed by atoms with Crippen LogP contribution >= 0.6 is 63.1 Å². The molecular weight excluding hydrogens is 551 g/mol. The fourth-order valence-electron chi connectivity index (χ4n) is 3.42. The van der Waals surface area contributed by atoms with Crippen LogP contribution in [0.4, 0.5) is 5.82 Å². The van der Waals surface area contributed by atoms with E-state index in [1.165, 1.54) is 4.68 Å². The van der Waals surface area contributed by atoms with Crippen molar-refractivity contribution < 1.29 is 0 Å². The number of aryl methyl sites for hydroxylation is 1. The van der Waals surface area contributed by atoms with E-state index in [0.29, 0.717) is 45.0 Å². The number of allylic oxidation sites excluding steroid dienone is 5. The molecule has 0 unspecified atom stereocenters. The Balaban J connectivity index is 1.96. The second-order valence-electron chi connectivity index (χ2n) is 7.98. The molecule has 0 fully saturated rings. The third-order valence-electron chi connectivity index (χ3n) is 5.27. The fourth-order valence-corrected chi connectivity index (χ4v) is 3.81. The molecule has 3 N–H and O–H groups in total. The lowest BCUT2D eigenvalue weighted by Crippen LogP contribution is -2.40. The van der Waals surface area contributed by atoms with Crippen molar-refractivity contribution in [2.45, 2.75) is 14.5 Å². The van der Waals surface area contributed by atoms with Crippen LogP contribution in [0.5, 0.6) is 0 Å². The Hall–Kier alpha value is -2.32. The lowest BCUT2D eigenvalue weighted by atomic mass is 10.0. The normalized spacial score (nSPS) is 15.4. The molecule has 0 aliphatic heterocycles. The Bertz CT molecular complexity index is 1500. The van der Waals surface area contributed by atoms with E-state index in [4.69, 9.17) is 5.41 Å². The number of hydrogen-bond acceptors (Lipinski definition) is 12. The predicted octanol–water partition coefficient (Wildman–Crippen LogP) is 4.06. The number of rotatable bonds is 6. The Morgan fingerprint density at radius 2 is 1.83 bits per heavy atom. The minimum absolute atomic E-state index is 0.318. The maximum atomic E-state index is 13.9. The Morgan fingerprint density at radius 3 is 2.47 bits per heavy atom. The zero-order chi connectivity index (χ0) is 26.3. The van der Waals surface area contributed by atoms with Crippen LogP contribution in [0.15, 0.2) is 65.3 Å². The smallest absolute Gasteiger partial charge is 0.281 e. The van der Waals surface area contributed by atoms with Gasteiger partial charge >= 0.3 is 0 Å². The summed E-state index contributed by atoms with van der Waals surface area (Å²) in [6.07, 6.45) is 8.34. The minimum atomic E-state index is -1.27. The number of hydrogen-bond donors (Lipinski definition) is 8. The number of anilines is 1. The Morgan fingerprint density at radius 1 is 1.08 bits per heavy atom. The van der Waals surface area contributed by atoms with Crippen LogP contribution in [0.1, 0.15) is 5.69 Å². The van der Waals surface area contributed by atoms with E-state index in [9.17, 15) is 4.79 Å². The molecular formula is C23H23N7OS5. The van der Waals surface area contributed by atoms with Gasteiger partial charge in [0.1, 0.15) is 20.3 Å². The molecule has 0 saturated heterocycles. The van der Waals surface area contributed by atoms with Crippen LogP contribution < -0.4 is 16.2 Å². The molecule has 0 radical (unpaired) electrons. The van der Waals surface area contributed by atoms with Crippen LogP contribution in [0.2, 0.25) is 0 Å². The topological polar surface area (TPSA) is 109 Å². The SMILES string of the molecule is CN/C=C1/C=C(n2nc3ccc(NC(S)(S)C(S)(S)S)nc3c(-c3ccc(C)nc3)c2=O)C=CC1=N. The van der Waals surface area contributed by atoms with Crippen LogP contribution in [0.25, 0.3) is 27.9 Å². The summed E-state index contributed by atoms with van der Waals surface area (Å²) < 4.78 is -1.18. The second-order valence-corrected chi connectivity index (χ2v) is 12.7. The number of aromatic nitrogens is 4. The molecule has 186 valence electrons. The molecule has 0 spiro atoms. The van der Waals surface area contributed by atoms with Gasteiger partial charge in [0, 0.05) is 36.3 Å². The summed E-state index contributed by atoms with van der Waals surface area (Å²) in [4.78, 5) is 22.9. The van der Waals surface area contributed by atoms with Gasteiger partial charge in [-0.15, -0.1) is 63.1 Å². The number of fused-ring (bicyclic) bond motifs is 1. The summed E-state index contributed by atoms with van der Waals surface area (Å²) in [5, 5.41) is 18.7. The van der Waals surface area contributed by atoms with E-state index in [2.05, 4.69) is 88.8 Å². The van der Waals surface area contributed by atoms with Gasteiger partial charge in [-0.25, -0.2) is 4.98 Å². The number of nitrogens with zero attached hydrogens (tertiary/aromatic N) is 4. The lowest BCUT2D eigenvalue weighted by Gasteiger charge is -2.34. The molecule has 1 aliphatic rings. The first-order valence-electron chi connectivity index (χ1n) is 10.5. The summed E-state index contributed by atoms with van der Waals surface area (Å²) in [6.45, 7) is 1.87. The second kappa shape index (κ2) is 10.2. The van der Waals surface area contributed by atoms with Crippen molar-refractivity contribution in [2.75, 3.05) is 12.4 Å². The standard InChI is InChI=1S/C23H23N7OS5/c1-12-3-4-13(11-26-12)19-20-17(7-8-18(27-20)28-22(32,33)23(34,35)36)29-30(21(19)31)15-5-6-16(24)14(9-15)10-25-2/h3-11,24-25,32-36H,1-2H3,(H,27,28)/b14-10-,24-16?. The highest BCUT2D eigenvalue weighted by atomic mass is 32.2. The summed E-state index contributed by atoms with van der Waals surface area (Å²) in [6, 6.07) is 7.07. The molecule has 0 amide bonds. The molecule has 36 heavy (non-hydrogen) atoms. The van der Waals surface area contributed by atoms with Gasteiger partial charge in [-0.2, -0.15) is 9.78 Å². The monoisotopic (exact) mass is 573 g/mol. The van der Waals surface area contributed by atoms with E-state index >= 15 is 0 Å². The average Bonchev–Trinajstić information content (AvgIpc) is 2.80. The molecule has 8 nitrogen and oxygen atoms in total. The third-order valence-corrected chi connectivity index (χ3v) is 8.23. The average molecular weight is 574 g/mol. The molecule has 3 heterocycles. The van der Waals surface area contributed by atoms with Crippen LogP contribution in [-0.4, -0.2) is 40.1 Å². The summed E-state index contributed by atoms with van der Waals surface area (Å²) >= 11 is 21.9. The molecule has 0 atom stereocenters. The molecule has 13 heteroatoms. The van der Waals surface area contributed by atoms with E-state index in [0.717, 1.165) is 5.69 Å². The van der Waals surface area contributed by atoms with Crippen LogP contribution in [0.3, 0.4) is 0 Å². The molecule has 4 rings (SSSR count). The van der Waals surface area contributed by atoms with Gasteiger partial charge in [-0.3, -0.25) is 9.78 Å². The molecule has 0 bridgehead atoms. The molecule has 0 aromatic carbocycles.